The predicted octanol–water partition coefficient (Wildman–Crippen LogP) is -0.742. The lowest BCUT2D eigenvalue weighted by molar-refractivity contribution is -0.153. The van der Waals surface area contributed by atoms with Crippen LogP contribution in [-0.4, -0.2) is 47.9 Å². The first-order valence-electron chi connectivity index (χ1n) is 6.72. The average Bonchev–Trinajstić information content (AvgIpc) is 2.53. The van der Waals surface area contributed by atoms with Crippen molar-refractivity contribution < 1.29 is 29.0 Å². The van der Waals surface area contributed by atoms with Gasteiger partial charge in [-0.25, -0.2) is 4.79 Å². The van der Waals surface area contributed by atoms with Crippen LogP contribution >= 0.6 is 0 Å². The fourth-order valence-corrected chi connectivity index (χ4v) is 2.15. The number of methoxy groups -OCH3 is 1. The monoisotopic (exact) mass is 322 g/mol. The number of hydrogen-bond donors (Lipinski definition) is 3. The van der Waals surface area contributed by atoms with Gasteiger partial charge in [-0.15, -0.1) is 0 Å². The second-order valence-electron chi connectivity index (χ2n) is 4.92. The minimum Gasteiger partial charge on any atom is -0.481 e. The third kappa shape index (κ3) is 4.62. The van der Waals surface area contributed by atoms with E-state index in [4.69, 9.17) is 10.8 Å². The minimum absolute atomic E-state index is 0.185. The SMILES string of the molecule is COC(=O)[C@@](N)(Cc1ccccc1)C(=O)[C@H](CC(=O)O)NC=O. The first-order chi connectivity index (χ1) is 10.8. The van der Waals surface area contributed by atoms with Crippen LogP contribution in [0.5, 0.6) is 0 Å². The summed E-state index contributed by atoms with van der Waals surface area (Å²) in [5.41, 5.74) is 4.45. The molecule has 8 heteroatoms. The number of Topliss-reactive ketones (excluding diaryl/α,β-unsaturated/α-hetero) is 1. The molecular weight excluding hydrogens is 304 g/mol. The summed E-state index contributed by atoms with van der Waals surface area (Å²) in [6.45, 7) is 0. The van der Waals surface area contributed by atoms with Crippen LogP contribution in [0.1, 0.15) is 12.0 Å². The molecule has 0 spiro atoms. The van der Waals surface area contributed by atoms with E-state index in [1.165, 1.54) is 0 Å². The Morgan fingerprint density at radius 2 is 1.96 bits per heavy atom. The number of carbonyl (C=O) groups is 4. The molecule has 0 fully saturated rings. The molecule has 1 amide bonds. The van der Waals surface area contributed by atoms with Crippen LogP contribution in [-0.2, 0) is 30.3 Å². The minimum atomic E-state index is -2.10. The molecule has 0 saturated heterocycles. The molecule has 0 heterocycles. The number of nitrogens with one attached hydrogen (secondary N) is 1. The molecule has 0 aromatic heterocycles. The van der Waals surface area contributed by atoms with Gasteiger partial charge in [0.1, 0.15) is 6.04 Å². The Morgan fingerprint density at radius 3 is 2.43 bits per heavy atom. The number of benzene rings is 1. The first-order valence-corrected chi connectivity index (χ1v) is 6.72. The summed E-state index contributed by atoms with van der Waals surface area (Å²) in [6.07, 6.45) is -0.690. The molecule has 124 valence electrons. The summed E-state index contributed by atoms with van der Waals surface area (Å²) >= 11 is 0. The lowest BCUT2D eigenvalue weighted by Gasteiger charge is -2.28. The van der Waals surface area contributed by atoms with Gasteiger partial charge in [0.05, 0.1) is 13.5 Å². The summed E-state index contributed by atoms with van der Waals surface area (Å²) in [5, 5.41) is 10.9. The maximum atomic E-state index is 12.6. The Hall–Kier alpha value is -2.74. The van der Waals surface area contributed by atoms with E-state index in [1.807, 2.05) is 0 Å². The van der Waals surface area contributed by atoms with E-state index < -0.39 is 35.7 Å². The molecule has 0 radical (unpaired) electrons. The van der Waals surface area contributed by atoms with Gasteiger partial charge in [-0.3, -0.25) is 14.4 Å². The van der Waals surface area contributed by atoms with Crippen molar-refractivity contribution in [3.05, 3.63) is 35.9 Å². The quantitative estimate of drug-likeness (QED) is 0.309. The molecule has 23 heavy (non-hydrogen) atoms. The van der Waals surface area contributed by atoms with Crippen molar-refractivity contribution in [1.82, 2.24) is 5.32 Å². The normalized spacial score (nSPS) is 14.2. The Morgan fingerprint density at radius 1 is 1.35 bits per heavy atom. The highest BCUT2D eigenvalue weighted by Crippen LogP contribution is 2.17. The standard InChI is InChI=1S/C15H18N2O6/c1-23-14(22)15(16,8-10-5-3-2-4-6-10)13(21)11(17-9-18)7-12(19)20/h2-6,9,11H,7-8,16H2,1H3,(H,17,18)(H,19,20)/t11-,15+/m0/s1. The molecule has 0 unspecified atom stereocenters. The number of esters is 1. The molecule has 0 aliphatic heterocycles. The summed E-state index contributed by atoms with van der Waals surface area (Å²) < 4.78 is 4.59. The third-order valence-corrected chi connectivity index (χ3v) is 3.28. The molecule has 2 atom stereocenters. The van der Waals surface area contributed by atoms with E-state index in [1.54, 1.807) is 30.3 Å². The number of ether oxygens (including phenoxy) is 1. The van der Waals surface area contributed by atoms with Crippen molar-refractivity contribution in [2.24, 2.45) is 5.73 Å². The molecular formula is C15H18N2O6. The Kier molecular flexibility index (Phi) is 6.40. The highest BCUT2D eigenvalue weighted by atomic mass is 16.5. The second-order valence-corrected chi connectivity index (χ2v) is 4.92. The van der Waals surface area contributed by atoms with Crippen LogP contribution in [0, 0.1) is 0 Å². The van der Waals surface area contributed by atoms with Gasteiger partial charge < -0.3 is 20.9 Å². The number of aliphatic carboxylic acids is 1. The Bertz CT molecular complexity index is 589. The fourth-order valence-electron chi connectivity index (χ4n) is 2.15. The predicted molar refractivity (Wildman–Crippen MR) is 79.3 cm³/mol. The molecule has 0 bridgehead atoms. The lowest BCUT2D eigenvalue weighted by atomic mass is 9.83. The van der Waals surface area contributed by atoms with Gasteiger partial charge in [0.25, 0.3) is 0 Å². The summed E-state index contributed by atoms with van der Waals surface area (Å²) in [7, 11) is 1.07. The van der Waals surface area contributed by atoms with Crippen LogP contribution in [0.15, 0.2) is 30.3 Å². The molecule has 4 N–H and O–H groups in total. The average molecular weight is 322 g/mol. The van der Waals surface area contributed by atoms with E-state index in [2.05, 4.69) is 10.1 Å². The van der Waals surface area contributed by atoms with Crippen molar-refractivity contribution in [2.75, 3.05) is 7.11 Å². The van der Waals surface area contributed by atoms with E-state index in [-0.39, 0.29) is 12.8 Å². The van der Waals surface area contributed by atoms with E-state index in [0.717, 1.165) is 7.11 Å². The van der Waals surface area contributed by atoms with Gasteiger partial charge in [-0.2, -0.15) is 0 Å². The number of nitrogens with two attached hydrogens (primary N) is 1. The van der Waals surface area contributed by atoms with Crippen molar-refractivity contribution in [2.45, 2.75) is 24.4 Å². The molecule has 1 aromatic rings. The van der Waals surface area contributed by atoms with E-state index >= 15 is 0 Å². The largest absolute Gasteiger partial charge is 0.481 e. The smallest absolute Gasteiger partial charge is 0.334 e. The lowest BCUT2D eigenvalue weighted by Crippen LogP contribution is -2.63. The summed E-state index contributed by atoms with van der Waals surface area (Å²) in [6, 6.07) is 7.06. The molecule has 0 aliphatic carbocycles. The number of ketones is 1. The number of hydrogen-bond acceptors (Lipinski definition) is 6. The van der Waals surface area contributed by atoms with E-state index in [9.17, 15) is 19.2 Å². The highest BCUT2D eigenvalue weighted by Gasteiger charge is 2.46. The van der Waals surface area contributed by atoms with E-state index in [0.29, 0.717) is 5.56 Å². The number of carbonyl (C=O) groups excluding carboxylic acids is 3. The zero-order valence-electron chi connectivity index (χ0n) is 12.5. The van der Waals surface area contributed by atoms with Crippen molar-refractivity contribution >= 4 is 24.1 Å². The van der Waals surface area contributed by atoms with Crippen molar-refractivity contribution in [3.63, 3.8) is 0 Å². The number of rotatable bonds is 9. The molecule has 0 aliphatic rings. The molecule has 1 aromatic carbocycles. The molecule has 8 nitrogen and oxygen atoms in total. The number of carboxylic acids is 1. The van der Waals surface area contributed by atoms with Gasteiger partial charge in [-0.05, 0) is 5.56 Å². The first kappa shape index (κ1) is 18.3. The van der Waals surface area contributed by atoms with Crippen LogP contribution in [0.3, 0.4) is 0 Å². The highest BCUT2D eigenvalue weighted by molar-refractivity contribution is 6.11. The Balaban J connectivity index is 3.16. The summed E-state index contributed by atoms with van der Waals surface area (Å²) in [5.74, 6) is -3.25. The molecule has 0 saturated carbocycles. The topological polar surface area (TPSA) is 136 Å². The summed E-state index contributed by atoms with van der Waals surface area (Å²) in [4.78, 5) is 46.1. The maximum absolute atomic E-state index is 12.6. The van der Waals surface area contributed by atoms with Crippen LogP contribution in [0.2, 0.25) is 0 Å². The van der Waals surface area contributed by atoms with Crippen molar-refractivity contribution in [3.8, 4) is 0 Å². The number of amides is 1. The zero-order valence-corrected chi connectivity index (χ0v) is 12.5. The third-order valence-electron chi connectivity index (χ3n) is 3.28. The van der Waals surface area contributed by atoms with Gasteiger partial charge in [-0.1, -0.05) is 30.3 Å². The van der Waals surface area contributed by atoms with Crippen LogP contribution < -0.4 is 11.1 Å². The molecule has 1 rings (SSSR count). The Labute approximate surface area is 132 Å². The fraction of sp³-hybridized carbons (Fsp3) is 0.333. The number of carboxylic acid groups (broad SMARTS) is 1. The van der Waals surface area contributed by atoms with Gasteiger partial charge >= 0.3 is 11.9 Å². The van der Waals surface area contributed by atoms with Crippen LogP contribution in [0.4, 0.5) is 0 Å². The van der Waals surface area contributed by atoms with Gasteiger partial charge in [0.2, 0.25) is 6.41 Å². The maximum Gasteiger partial charge on any atom is 0.334 e. The van der Waals surface area contributed by atoms with Crippen molar-refractivity contribution in [1.29, 1.82) is 0 Å². The second kappa shape index (κ2) is 8.04. The van der Waals surface area contributed by atoms with Crippen LogP contribution in [0.25, 0.3) is 0 Å². The van der Waals surface area contributed by atoms with Gasteiger partial charge in [0, 0.05) is 6.42 Å². The van der Waals surface area contributed by atoms with Gasteiger partial charge in [0.15, 0.2) is 11.3 Å². The zero-order chi connectivity index (χ0) is 17.5.